The second-order valence-electron chi connectivity index (χ2n) is 3.98. The monoisotopic (exact) mass is 221 g/mol. The maximum Gasteiger partial charge on any atom is 0.279 e. The first-order chi connectivity index (χ1) is 6.45. The number of nitrogens with two attached hydrogens (primary N) is 1. The fourth-order valence-corrected chi connectivity index (χ4v) is 2.35. The van der Waals surface area contributed by atoms with Crippen LogP contribution in [-0.4, -0.2) is 38.9 Å². The Kier molecular flexibility index (Phi) is 3.88. The summed E-state index contributed by atoms with van der Waals surface area (Å²) >= 11 is 0. The highest BCUT2D eigenvalue weighted by Gasteiger charge is 2.28. The zero-order valence-corrected chi connectivity index (χ0v) is 9.55. The molecule has 0 radical (unpaired) electrons. The first-order valence-corrected chi connectivity index (χ1v) is 6.33. The smallest absolute Gasteiger partial charge is 0.279 e. The Morgan fingerprint density at radius 1 is 1.57 bits per heavy atom. The minimum atomic E-state index is -3.32. The number of hydrogen-bond acceptors (Lipinski definition) is 3. The third-order valence-electron chi connectivity index (χ3n) is 2.33. The maximum atomic E-state index is 11.6. The van der Waals surface area contributed by atoms with E-state index in [1.54, 1.807) is 14.0 Å². The van der Waals surface area contributed by atoms with Crippen LogP contribution in [0.1, 0.15) is 19.8 Å². The summed E-state index contributed by atoms with van der Waals surface area (Å²) in [6.07, 6.45) is 2.29. The molecule has 1 fully saturated rings. The molecule has 1 atom stereocenters. The summed E-state index contributed by atoms with van der Waals surface area (Å²) in [5.41, 5.74) is 5.35. The lowest BCUT2D eigenvalue weighted by Crippen LogP contribution is -2.45. The summed E-state index contributed by atoms with van der Waals surface area (Å²) in [6.45, 7) is 2.69. The zero-order valence-electron chi connectivity index (χ0n) is 8.73. The van der Waals surface area contributed by atoms with Crippen LogP contribution < -0.4 is 10.5 Å². The van der Waals surface area contributed by atoms with Gasteiger partial charge in [0.1, 0.15) is 0 Å². The molecule has 1 aliphatic rings. The van der Waals surface area contributed by atoms with Gasteiger partial charge in [0.05, 0.1) is 0 Å². The highest BCUT2D eigenvalue weighted by Crippen LogP contribution is 2.29. The first-order valence-electron chi connectivity index (χ1n) is 4.89. The molecule has 14 heavy (non-hydrogen) atoms. The van der Waals surface area contributed by atoms with Crippen molar-refractivity contribution in [2.75, 3.05) is 20.1 Å². The molecule has 0 heterocycles. The van der Waals surface area contributed by atoms with Crippen molar-refractivity contribution in [1.29, 1.82) is 0 Å². The van der Waals surface area contributed by atoms with Crippen LogP contribution in [0.5, 0.6) is 0 Å². The summed E-state index contributed by atoms with van der Waals surface area (Å²) < 4.78 is 27.1. The Labute approximate surface area is 85.8 Å². The van der Waals surface area contributed by atoms with Crippen molar-refractivity contribution in [2.24, 2.45) is 11.7 Å². The molecule has 0 aromatic heterocycles. The summed E-state index contributed by atoms with van der Waals surface area (Å²) in [5.74, 6) is 0.560. The highest BCUT2D eigenvalue weighted by molar-refractivity contribution is 7.87. The van der Waals surface area contributed by atoms with E-state index in [1.165, 1.54) is 4.31 Å². The molecule has 0 bridgehead atoms. The molecule has 1 saturated carbocycles. The van der Waals surface area contributed by atoms with E-state index in [0.717, 1.165) is 12.8 Å². The van der Waals surface area contributed by atoms with Gasteiger partial charge in [-0.15, -0.1) is 0 Å². The van der Waals surface area contributed by atoms with Crippen molar-refractivity contribution in [3.05, 3.63) is 0 Å². The van der Waals surface area contributed by atoms with Crippen LogP contribution >= 0.6 is 0 Å². The van der Waals surface area contributed by atoms with Crippen LogP contribution in [0.2, 0.25) is 0 Å². The molecule has 0 aliphatic heterocycles. The van der Waals surface area contributed by atoms with Crippen molar-refractivity contribution < 1.29 is 8.42 Å². The maximum absolute atomic E-state index is 11.6. The Morgan fingerprint density at radius 2 is 2.14 bits per heavy atom. The van der Waals surface area contributed by atoms with E-state index in [9.17, 15) is 8.42 Å². The van der Waals surface area contributed by atoms with Crippen LogP contribution in [0.25, 0.3) is 0 Å². The molecule has 0 spiro atoms. The van der Waals surface area contributed by atoms with E-state index in [0.29, 0.717) is 19.0 Å². The van der Waals surface area contributed by atoms with Gasteiger partial charge in [0.15, 0.2) is 0 Å². The Morgan fingerprint density at radius 3 is 2.57 bits per heavy atom. The van der Waals surface area contributed by atoms with Gasteiger partial charge in [-0.1, -0.05) is 0 Å². The van der Waals surface area contributed by atoms with Gasteiger partial charge in [-0.25, -0.2) is 0 Å². The second kappa shape index (κ2) is 4.57. The second-order valence-corrected chi connectivity index (χ2v) is 5.79. The summed E-state index contributed by atoms with van der Waals surface area (Å²) in [7, 11) is -1.72. The third kappa shape index (κ3) is 3.53. The minimum Gasteiger partial charge on any atom is -0.329 e. The van der Waals surface area contributed by atoms with Gasteiger partial charge in [0, 0.05) is 26.2 Å². The highest BCUT2D eigenvalue weighted by atomic mass is 32.2. The summed E-state index contributed by atoms with van der Waals surface area (Å²) in [6, 6.07) is -0.207. The fourth-order valence-electron chi connectivity index (χ4n) is 1.15. The summed E-state index contributed by atoms with van der Waals surface area (Å²) in [4.78, 5) is 0. The van der Waals surface area contributed by atoms with E-state index >= 15 is 0 Å². The van der Waals surface area contributed by atoms with Gasteiger partial charge in [-0.3, -0.25) is 0 Å². The first kappa shape index (κ1) is 11.9. The average Bonchev–Trinajstić information content (AvgIpc) is 2.87. The third-order valence-corrected chi connectivity index (χ3v) is 4.00. The summed E-state index contributed by atoms with van der Waals surface area (Å²) in [5, 5.41) is 0. The van der Waals surface area contributed by atoms with Gasteiger partial charge in [0.2, 0.25) is 0 Å². The van der Waals surface area contributed by atoms with Crippen LogP contribution in [0, 0.1) is 5.92 Å². The van der Waals surface area contributed by atoms with Crippen molar-refractivity contribution >= 4 is 10.2 Å². The molecule has 3 N–H and O–H groups in total. The molecule has 84 valence electrons. The van der Waals surface area contributed by atoms with Gasteiger partial charge in [0.25, 0.3) is 10.2 Å². The van der Waals surface area contributed by atoms with Crippen LogP contribution in [0.3, 0.4) is 0 Å². The number of rotatable bonds is 6. The van der Waals surface area contributed by atoms with Crippen molar-refractivity contribution in [1.82, 2.24) is 9.03 Å². The normalized spacial score (nSPS) is 20.0. The van der Waals surface area contributed by atoms with Crippen LogP contribution in [-0.2, 0) is 10.2 Å². The fraction of sp³-hybridized carbons (Fsp3) is 1.00. The van der Waals surface area contributed by atoms with Crippen molar-refractivity contribution in [2.45, 2.75) is 25.8 Å². The van der Waals surface area contributed by atoms with E-state index in [2.05, 4.69) is 4.72 Å². The Bertz CT molecular complexity index is 274. The molecule has 0 saturated heterocycles. The Hall–Kier alpha value is -0.170. The topological polar surface area (TPSA) is 75.4 Å². The quantitative estimate of drug-likeness (QED) is 0.635. The lowest BCUT2D eigenvalue weighted by atomic mass is 10.4. The molecular weight excluding hydrogens is 202 g/mol. The van der Waals surface area contributed by atoms with E-state index in [1.807, 2.05) is 0 Å². The van der Waals surface area contributed by atoms with Crippen molar-refractivity contribution in [3.63, 3.8) is 0 Å². The SMILES string of the molecule is C[C@H](CN)NS(=O)(=O)N(C)CC1CC1. The molecule has 0 unspecified atom stereocenters. The van der Waals surface area contributed by atoms with E-state index in [4.69, 9.17) is 5.73 Å². The van der Waals surface area contributed by atoms with E-state index in [-0.39, 0.29) is 6.04 Å². The standard InChI is InChI=1S/C8H19N3O2S/c1-7(5-9)10-14(12,13)11(2)6-8-3-4-8/h7-8,10H,3-6,9H2,1-2H3/t7-/m1/s1. The molecule has 0 amide bonds. The number of nitrogens with zero attached hydrogens (tertiary/aromatic N) is 1. The van der Waals surface area contributed by atoms with Crippen molar-refractivity contribution in [3.8, 4) is 0 Å². The molecular formula is C8H19N3O2S. The largest absolute Gasteiger partial charge is 0.329 e. The minimum absolute atomic E-state index is 0.207. The molecule has 0 aromatic rings. The molecule has 1 aliphatic carbocycles. The molecule has 5 nitrogen and oxygen atoms in total. The predicted octanol–water partition coefficient (Wildman–Crippen LogP) is -0.490. The van der Waals surface area contributed by atoms with Gasteiger partial charge < -0.3 is 5.73 Å². The van der Waals surface area contributed by atoms with Crippen LogP contribution in [0.4, 0.5) is 0 Å². The average molecular weight is 221 g/mol. The van der Waals surface area contributed by atoms with Gasteiger partial charge >= 0.3 is 0 Å². The zero-order chi connectivity index (χ0) is 10.8. The number of nitrogens with one attached hydrogen (secondary N) is 1. The van der Waals surface area contributed by atoms with E-state index < -0.39 is 10.2 Å². The lowest BCUT2D eigenvalue weighted by Gasteiger charge is -2.20. The number of hydrogen-bond donors (Lipinski definition) is 2. The molecule has 6 heteroatoms. The lowest BCUT2D eigenvalue weighted by molar-refractivity contribution is 0.436. The Balaban J connectivity index is 2.45. The van der Waals surface area contributed by atoms with Gasteiger partial charge in [-0.2, -0.15) is 17.4 Å². The molecule has 0 aromatic carbocycles. The van der Waals surface area contributed by atoms with Crippen LogP contribution in [0.15, 0.2) is 0 Å². The van der Waals surface area contributed by atoms with Gasteiger partial charge in [-0.05, 0) is 25.7 Å². The predicted molar refractivity (Wildman–Crippen MR) is 55.9 cm³/mol. The molecule has 1 rings (SSSR count).